The second-order valence-corrected chi connectivity index (χ2v) is 5.95. The van der Waals surface area contributed by atoms with E-state index < -0.39 is 0 Å². The van der Waals surface area contributed by atoms with E-state index in [1.807, 2.05) is 0 Å². The summed E-state index contributed by atoms with van der Waals surface area (Å²) in [4.78, 5) is 6.86. The Morgan fingerprint density at radius 3 is 2.78 bits per heavy atom. The number of hydrogen-bond acceptors (Lipinski definition) is 6. The Morgan fingerprint density at radius 2 is 2.11 bits per heavy atom. The van der Waals surface area contributed by atoms with Gasteiger partial charge in [0.05, 0.1) is 19.8 Å². The third-order valence-electron chi connectivity index (χ3n) is 3.45. The van der Waals surface area contributed by atoms with Gasteiger partial charge in [0.15, 0.2) is 5.79 Å². The van der Waals surface area contributed by atoms with E-state index in [0.717, 1.165) is 36.9 Å². The zero-order valence-corrected chi connectivity index (χ0v) is 11.7. The Balaban J connectivity index is 1.75. The van der Waals surface area contributed by atoms with Crippen molar-refractivity contribution >= 4 is 16.7 Å². The van der Waals surface area contributed by atoms with Crippen LogP contribution >= 0.6 is 11.5 Å². The molecule has 3 rings (SSSR count). The van der Waals surface area contributed by atoms with Crippen molar-refractivity contribution in [1.82, 2.24) is 9.36 Å². The summed E-state index contributed by atoms with van der Waals surface area (Å²) in [6.45, 7) is 7.45. The topological polar surface area (TPSA) is 47.5 Å². The molecule has 0 unspecified atom stereocenters. The third-order valence-corrected chi connectivity index (χ3v) is 4.24. The number of rotatable bonds is 2. The maximum atomic E-state index is 5.78. The van der Waals surface area contributed by atoms with Crippen LogP contribution in [-0.2, 0) is 9.47 Å². The van der Waals surface area contributed by atoms with Gasteiger partial charge in [0.25, 0.3) is 0 Å². The fraction of sp³-hybridized carbons (Fsp3) is 0.833. The van der Waals surface area contributed by atoms with Crippen LogP contribution in [0.1, 0.15) is 38.4 Å². The molecule has 0 atom stereocenters. The molecule has 2 aliphatic heterocycles. The lowest BCUT2D eigenvalue weighted by molar-refractivity contribution is -0.161. The number of hydrogen-bond donors (Lipinski definition) is 0. The zero-order chi connectivity index (χ0) is 12.6. The summed E-state index contributed by atoms with van der Waals surface area (Å²) in [6, 6.07) is 0. The molecule has 1 aromatic rings. The van der Waals surface area contributed by atoms with E-state index in [-0.39, 0.29) is 5.79 Å². The molecular weight excluding hydrogens is 250 g/mol. The van der Waals surface area contributed by atoms with Crippen molar-refractivity contribution in [3.63, 3.8) is 0 Å². The van der Waals surface area contributed by atoms with Crippen LogP contribution in [0.15, 0.2) is 0 Å². The second-order valence-electron chi connectivity index (χ2n) is 5.22. The van der Waals surface area contributed by atoms with E-state index in [0.29, 0.717) is 19.1 Å². The molecule has 18 heavy (non-hydrogen) atoms. The molecule has 0 bridgehead atoms. The first-order valence-electron chi connectivity index (χ1n) is 6.55. The maximum Gasteiger partial charge on any atom is 0.205 e. The molecule has 1 aromatic heterocycles. The average Bonchev–Trinajstić information content (AvgIpc) is 2.98. The Morgan fingerprint density at radius 1 is 1.33 bits per heavy atom. The van der Waals surface area contributed by atoms with Crippen molar-refractivity contribution in [2.75, 3.05) is 31.2 Å². The van der Waals surface area contributed by atoms with Gasteiger partial charge in [-0.15, -0.1) is 0 Å². The van der Waals surface area contributed by atoms with Crippen molar-refractivity contribution in [3.8, 4) is 0 Å². The Kier molecular flexibility index (Phi) is 3.25. The summed E-state index contributed by atoms with van der Waals surface area (Å²) in [6.07, 6.45) is 2.07. The molecule has 100 valence electrons. The van der Waals surface area contributed by atoms with Gasteiger partial charge >= 0.3 is 0 Å². The highest BCUT2D eigenvalue weighted by molar-refractivity contribution is 7.09. The van der Waals surface area contributed by atoms with Gasteiger partial charge in [0.2, 0.25) is 5.13 Å². The lowest BCUT2D eigenvalue weighted by Crippen LogP contribution is -2.49. The molecule has 5 nitrogen and oxygen atoms in total. The molecule has 0 aromatic carbocycles. The lowest BCUT2D eigenvalue weighted by atomic mass is 10.1. The largest absolute Gasteiger partial charge is 0.346 e. The highest BCUT2D eigenvalue weighted by Gasteiger charge is 2.41. The minimum Gasteiger partial charge on any atom is -0.346 e. The molecule has 3 heterocycles. The van der Waals surface area contributed by atoms with Crippen LogP contribution in [0.2, 0.25) is 0 Å². The van der Waals surface area contributed by atoms with Crippen molar-refractivity contribution in [3.05, 3.63) is 5.82 Å². The molecule has 2 saturated heterocycles. The van der Waals surface area contributed by atoms with Gasteiger partial charge in [0, 0.05) is 30.4 Å². The number of nitrogens with zero attached hydrogens (tertiary/aromatic N) is 3. The minimum absolute atomic E-state index is 0.382. The molecule has 0 amide bonds. The second kappa shape index (κ2) is 4.75. The summed E-state index contributed by atoms with van der Waals surface area (Å²) in [5.41, 5.74) is 0. The van der Waals surface area contributed by atoms with Crippen molar-refractivity contribution in [1.29, 1.82) is 0 Å². The molecule has 2 fully saturated rings. The highest BCUT2D eigenvalue weighted by Crippen LogP contribution is 2.33. The number of anilines is 1. The number of ether oxygens (including phenoxy) is 2. The van der Waals surface area contributed by atoms with Gasteiger partial charge in [-0.05, 0) is 6.42 Å². The van der Waals surface area contributed by atoms with Gasteiger partial charge in [0.1, 0.15) is 5.82 Å². The van der Waals surface area contributed by atoms with Gasteiger partial charge in [-0.2, -0.15) is 4.37 Å². The normalized spacial score (nSPS) is 23.2. The SMILES string of the molecule is CC(C)c1nsc(N2CCCC3(C2)OCCO3)n1. The van der Waals surface area contributed by atoms with E-state index >= 15 is 0 Å². The molecule has 6 heteroatoms. The summed E-state index contributed by atoms with van der Waals surface area (Å²) in [7, 11) is 0. The Hall–Kier alpha value is -0.720. The van der Waals surface area contributed by atoms with Crippen LogP contribution < -0.4 is 4.90 Å². The quantitative estimate of drug-likeness (QED) is 0.822. The summed E-state index contributed by atoms with van der Waals surface area (Å²) < 4.78 is 16.0. The fourth-order valence-electron chi connectivity index (χ4n) is 2.47. The Labute approximate surface area is 111 Å². The van der Waals surface area contributed by atoms with Gasteiger partial charge in [-0.3, -0.25) is 0 Å². The third kappa shape index (κ3) is 2.24. The summed E-state index contributed by atoms with van der Waals surface area (Å²) >= 11 is 1.48. The maximum absolute atomic E-state index is 5.78. The molecule has 0 saturated carbocycles. The van der Waals surface area contributed by atoms with E-state index in [9.17, 15) is 0 Å². The monoisotopic (exact) mass is 269 g/mol. The predicted octanol–water partition coefficient (Wildman–Crippen LogP) is 2.00. The first kappa shape index (κ1) is 12.3. The van der Waals surface area contributed by atoms with E-state index in [2.05, 4.69) is 28.1 Å². The van der Waals surface area contributed by atoms with Crippen LogP contribution in [0.3, 0.4) is 0 Å². The van der Waals surface area contributed by atoms with E-state index in [1.54, 1.807) is 0 Å². The molecular formula is C12H19N3O2S. The van der Waals surface area contributed by atoms with Crippen LogP contribution in [0.5, 0.6) is 0 Å². The lowest BCUT2D eigenvalue weighted by Gasteiger charge is -2.38. The van der Waals surface area contributed by atoms with Gasteiger partial charge in [-0.1, -0.05) is 13.8 Å². The highest BCUT2D eigenvalue weighted by atomic mass is 32.1. The standard InChI is InChI=1S/C12H19N3O2S/c1-9(2)10-13-11(18-14-10)15-5-3-4-12(8-15)16-6-7-17-12/h9H,3-8H2,1-2H3. The van der Waals surface area contributed by atoms with Crippen molar-refractivity contribution in [2.24, 2.45) is 0 Å². The van der Waals surface area contributed by atoms with Crippen molar-refractivity contribution in [2.45, 2.75) is 38.4 Å². The zero-order valence-electron chi connectivity index (χ0n) is 10.9. The van der Waals surface area contributed by atoms with Crippen LogP contribution in [0.25, 0.3) is 0 Å². The van der Waals surface area contributed by atoms with E-state index in [4.69, 9.17) is 9.47 Å². The number of piperidine rings is 1. The van der Waals surface area contributed by atoms with Crippen LogP contribution in [-0.4, -0.2) is 41.4 Å². The van der Waals surface area contributed by atoms with Crippen LogP contribution in [0.4, 0.5) is 5.13 Å². The molecule has 0 aliphatic carbocycles. The van der Waals surface area contributed by atoms with Crippen molar-refractivity contribution < 1.29 is 9.47 Å². The summed E-state index contributed by atoms with van der Waals surface area (Å²) in [5, 5.41) is 0.997. The van der Waals surface area contributed by atoms with Gasteiger partial charge < -0.3 is 14.4 Å². The number of aromatic nitrogens is 2. The first-order chi connectivity index (χ1) is 8.69. The molecule has 1 spiro atoms. The molecule has 0 radical (unpaired) electrons. The first-order valence-corrected chi connectivity index (χ1v) is 7.32. The minimum atomic E-state index is -0.387. The smallest absolute Gasteiger partial charge is 0.205 e. The van der Waals surface area contributed by atoms with Crippen LogP contribution in [0, 0.1) is 0 Å². The van der Waals surface area contributed by atoms with Gasteiger partial charge in [-0.25, -0.2) is 4.98 Å². The van der Waals surface area contributed by atoms with E-state index in [1.165, 1.54) is 11.5 Å². The average molecular weight is 269 g/mol. The predicted molar refractivity (Wildman–Crippen MR) is 70.1 cm³/mol. The summed E-state index contributed by atoms with van der Waals surface area (Å²) in [5.74, 6) is 0.928. The Bertz CT molecular complexity index is 415. The fourth-order valence-corrected chi connectivity index (χ4v) is 3.31. The molecule has 2 aliphatic rings. The molecule has 0 N–H and O–H groups in total.